The van der Waals surface area contributed by atoms with E-state index >= 15 is 9.59 Å². The Bertz CT molecular complexity index is 2470. The van der Waals surface area contributed by atoms with E-state index in [0.717, 1.165) is 95.2 Å². The van der Waals surface area contributed by atoms with Crippen LogP contribution in [-0.2, 0) is 46.2 Å². The maximum Gasteiger partial charge on any atom is 0.339 e. The average Bonchev–Trinajstić information content (AvgIpc) is 3.84. The van der Waals surface area contributed by atoms with Gasteiger partial charge >= 0.3 is 11.9 Å². The van der Waals surface area contributed by atoms with Gasteiger partial charge in [0.2, 0.25) is 0 Å². The number of furan rings is 1. The number of fused-ring (bicyclic) bond motifs is 5. The van der Waals surface area contributed by atoms with E-state index in [0.29, 0.717) is 68.2 Å². The van der Waals surface area contributed by atoms with E-state index in [1.54, 1.807) is 6.26 Å². The number of aliphatic hydroxyl groups excluding tert-OH is 2. The second-order valence-electron chi connectivity index (χ2n) is 26.3. The van der Waals surface area contributed by atoms with Gasteiger partial charge in [-0.25, -0.2) is 4.79 Å². The Morgan fingerprint density at radius 2 is 1.74 bits per heavy atom. The van der Waals surface area contributed by atoms with Crippen molar-refractivity contribution in [1.82, 2.24) is 10.2 Å². The molecule has 5 aliphatic carbocycles. The molecule has 0 radical (unpaired) electrons. The second-order valence-corrected chi connectivity index (χ2v) is 26.3. The summed E-state index contributed by atoms with van der Waals surface area (Å²) in [6.45, 7) is 10.7. The number of esters is 2. The van der Waals surface area contributed by atoms with Crippen LogP contribution in [0.5, 0.6) is 0 Å². The molecular weight excluding hydrogens is 909 g/mol. The van der Waals surface area contributed by atoms with Gasteiger partial charge in [-0.05, 0) is 149 Å². The molecule has 72 heavy (non-hydrogen) atoms. The molecule has 13 rings (SSSR count). The maximum atomic E-state index is 16.4. The molecule has 11 aliphatic rings. The lowest BCUT2D eigenvalue weighted by molar-refractivity contribution is -0.285. The van der Waals surface area contributed by atoms with Crippen molar-refractivity contribution in [3.8, 4) is 0 Å². The number of nitrogens with zero attached hydrogens (tertiary/aromatic N) is 1. The fourth-order valence-corrected chi connectivity index (χ4v) is 19.8. The first-order valence-electron chi connectivity index (χ1n) is 28.6. The molecule has 1 aromatic heterocycles. The molecule has 18 atom stereocenters. The Morgan fingerprint density at radius 3 is 2.53 bits per heavy atom. The van der Waals surface area contributed by atoms with Crippen molar-refractivity contribution in [3.63, 3.8) is 0 Å². The molecule has 0 bridgehead atoms. The van der Waals surface area contributed by atoms with Gasteiger partial charge in [0.05, 0.1) is 36.0 Å². The van der Waals surface area contributed by atoms with Crippen LogP contribution < -0.4 is 5.32 Å². The van der Waals surface area contributed by atoms with Gasteiger partial charge < -0.3 is 38.5 Å². The molecule has 12 nitrogen and oxygen atoms in total. The third-order valence-electron chi connectivity index (χ3n) is 22.7. The van der Waals surface area contributed by atoms with Crippen LogP contribution in [0.4, 0.5) is 0 Å². The number of nitrogens with one attached hydrogen (secondary N) is 1. The van der Waals surface area contributed by atoms with E-state index in [9.17, 15) is 15.0 Å². The number of hydrogen-bond donors (Lipinski definition) is 3. The van der Waals surface area contributed by atoms with E-state index in [2.05, 4.69) is 80.5 Å². The van der Waals surface area contributed by atoms with Gasteiger partial charge in [0.1, 0.15) is 30.2 Å². The highest BCUT2D eigenvalue weighted by atomic mass is 16.7. The smallest absolute Gasteiger partial charge is 0.339 e. The van der Waals surface area contributed by atoms with E-state index in [4.69, 9.17) is 23.4 Å². The van der Waals surface area contributed by atoms with Crippen LogP contribution in [0.3, 0.4) is 0 Å². The number of hydrogen-bond acceptors (Lipinski definition) is 12. The van der Waals surface area contributed by atoms with Crippen molar-refractivity contribution in [2.24, 2.45) is 74.9 Å². The summed E-state index contributed by atoms with van der Waals surface area (Å²) in [5.41, 5.74) is -4.09. The number of rotatable bonds is 11. The molecule has 0 unspecified atom stereocenters. The topological polar surface area (TPSA) is 160 Å². The van der Waals surface area contributed by atoms with Crippen molar-refractivity contribution < 1.29 is 48.0 Å². The molecular formula is C60H80N2O10. The molecule has 10 fully saturated rings. The molecule has 390 valence electrons. The highest BCUT2D eigenvalue weighted by molar-refractivity contribution is 5.93. The monoisotopic (exact) mass is 989 g/mol. The lowest BCUT2D eigenvalue weighted by Gasteiger charge is -2.70. The average molecular weight is 989 g/mol. The first-order chi connectivity index (χ1) is 34.8. The van der Waals surface area contributed by atoms with Crippen molar-refractivity contribution in [2.45, 2.75) is 179 Å². The van der Waals surface area contributed by atoms with Crippen LogP contribution in [0.15, 0.2) is 59.4 Å². The van der Waals surface area contributed by atoms with Gasteiger partial charge in [-0.15, -0.1) is 0 Å². The summed E-state index contributed by atoms with van der Waals surface area (Å²) in [5.74, 6) is 0.546. The normalized spacial score (nSPS) is 45.8. The molecule has 3 spiro atoms. The number of Topliss-reactive ketones (excluding diaryl/α,β-unsaturated/α-hetero) is 1. The van der Waals surface area contributed by atoms with Crippen LogP contribution in [0, 0.1) is 74.9 Å². The Morgan fingerprint density at radius 1 is 0.917 bits per heavy atom. The molecule has 5 saturated heterocycles. The lowest BCUT2D eigenvalue weighted by Crippen LogP contribution is -2.80. The first-order valence-corrected chi connectivity index (χ1v) is 28.6. The van der Waals surface area contributed by atoms with Crippen molar-refractivity contribution >= 4 is 17.7 Å². The van der Waals surface area contributed by atoms with Gasteiger partial charge in [-0.2, -0.15) is 0 Å². The van der Waals surface area contributed by atoms with E-state index < -0.39 is 69.2 Å². The minimum atomic E-state index is -1.45. The lowest BCUT2D eigenvalue weighted by atomic mass is 9.32. The van der Waals surface area contributed by atoms with Crippen LogP contribution in [0.2, 0.25) is 0 Å². The number of ether oxygens (including phenoxy) is 4. The number of aliphatic hydroxyl groups is 2. The van der Waals surface area contributed by atoms with Crippen LogP contribution in [-0.4, -0.2) is 94.8 Å². The number of carbonyl (C=O) groups excluding carboxylic acids is 3. The largest absolute Gasteiger partial charge is 0.469 e. The second kappa shape index (κ2) is 17.2. The summed E-state index contributed by atoms with van der Waals surface area (Å²) in [7, 11) is 0. The molecule has 6 aliphatic heterocycles. The summed E-state index contributed by atoms with van der Waals surface area (Å²) >= 11 is 0. The maximum absolute atomic E-state index is 16.4. The van der Waals surface area contributed by atoms with Gasteiger partial charge in [-0.3, -0.25) is 14.9 Å². The van der Waals surface area contributed by atoms with E-state index in [1.807, 2.05) is 6.07 Å². The highest BCUT2D eigenvalue weighted by Crippen LogP contribution is 2.84. The van der Waals surface area contributed by atoms with Crippen molar-refractivity contribution in [2.75, 3.05) is 26.4 Å². The predicted molar refractivity (Wildman–Crippen MR) is 266 cm³/mol. The highest BCUT2D eigenvalue weighted by Gasteiger charge is 2.94. The zero-order chi connectivity index (χ0) is 49.6. The van der Waals surface area contributed by atoms with Crippen LogP contribution >= 0.6 is 0 Å². The Labute approximate surface area is 426 Å². The number of ketones is 1. The van der Waals surface area contributed by atoms with E-state index in [1.165, 1.54) is 5.56 Å². The third kappa shape index (κ3) is 6.49. The van der Waals surface area contributed by atoms with Gasteiger partial charge in [-0.1, -0.05) is 82.9 Å². The predicted octanol–water partition coefficient (Wildman–Crippen LogP) is 8.67. The number of carbonyl (C=O) groups is 3. The van der Waals surface area contributed by atoms with Gasteiger partial charge in [0, 0.05) is 47.4 Å². The Hall–Kier alpha value is -3.55. The summed E-state index contributed by atoms with van der Waals surface area (Å²) in [4.78, 5) is 48.5. The molecule has 12 heteroatoms. The summed E-state index contributed by atoms with van der Waals surface area (Å²) in [6, 6.07) is 13.1. The standard InChI is InChI=1S/C60H80N2O10/c1-35(2)17-24-56(4)48-47(64)49(65)59(41-14-10-13-37(28-41)27-36-11-6-5-7-12-36)46(58(48)33-69-54(67)57(53(58)72-56)21-8-9-22-57)18-23-55(3)50(70-52(66)51-60(55,59)71-51)43-20-26-68-45(43)30-40(32-63)38-15-16-42-39(29-38)19-25-62-34-61-31-44(42)62/h5-7,11-12,19-20,25-26,35,37-42,44,46,48-51,53,61,63,65H,8-10,13-18,21-24,27-34H2,1-4H3/t37-,38+,39-,40-,41+,42+,44-,46-,48-,49-,50+,51-,53+,55+,56+,58-,59+,60-/m1/s1. The SMILES string of the molecule is CC(C)CC[C@]1(C)O[C@H]2C3(CCCC3)C(=O)OC[C@]23[C@H]2CC[C@@]4(C)[C@H](c5ccoc5C[C@H](CO)[C@H]5CC[C@H]6[C@H](C=CN7CNC[C@H]67)C5)OC(=O)[C@H]5O[C@]54[C@]2([C@H]2CCC[C@H](Cc4ccccc4)C2)[C@H](O)C(=O)[C@@H]31. The molecule has 7 heterocycles. The van der Waals surface area contributed by atoms with Gasteiger partial charge in [0.15, 0.2) is 11.9 Å². The summed E-state index contributed by atoms with van der Waals surface area (Å²) in [5, 5.41) is 28.7. The van der Waals surface area contributed by atoms with Crippen LogP contribution in [0.1, 0.15) is 147 Å². The minimum Gasteiger partial charge on any atom is -0.469 e. The summed E-state index contributed by atoms with van der Waals surface area (Å²) < 4.78 is 34.8. The zero-order valence-corrected chi connectivity index (χ0v) is 43.2. The minimum absolute atomic E-state index is 0.0272. The number of cyclic esters (lactones) is 2. The van der Waals surface area contributed by atoms with Crippen LogP contribution in [0.25, 0.3) is 0 Å². The van der Waals surface area contributed by atoms with Crippen molar-refractivity contribution in [3.05, 3.63) is 71.8 Å². The fraction of sp³-hybridized carbons (Fsp3) is 0.750. The first kappa shape index (κ1) is 48.1. The molecule has 1 aromatic carbocycles. The summed E-state index contributed by atoms with van der Waals surface area (Å²) in [6.07, 6.45) is 16.4. The molecule has 0 amide bonds. The number of benzene rings is 1. The zero-order valence-electron chi connectivity index (χ0n) is 43.2. The van der Waals surface area contributed by atoms with Crippen molar-refractivity contribution in [1.29, 1.82) is 0 Å². The Balaban J connectivity index is 0.921. The number of epoxide rings is 1. The van der Waals surface area contributed by atoms with Gasteiger partial charge in [0.25, 0.3) is 0 Å². The molecule has 5 saturated carbocycles. The molecule has 3 N–H and O–H groups in total. The molecule has 2 aromatic rings. The number of allylic oxidation sites excluding steroid dienone is 1. The fourth-order valence-electron chi connectivity index (χ4n) is 19.8. The third-order valence-corrected chi connectivity index (χ3v) is 22.7. The van der Waals surface area contributed by atoms with E-state index in [-0.39, 0.29) is 48.6 Å². The quantitative estimate of drug-likeness (QED) is 0.146. The Kier molecular flexibility index (Phi) is 11.5.